The zero-order chi connectivity index (χ0) is 19.7. The Bertz CT molecular complexity index is 908. The van der Waals surface area contributed by atoms with Crippen molar-refractivity contribution in [1.29, 1.82) is 0 Å². The SMILES string of the molecule is CC[NH+](CC)CNC(=O)c1ccc2c(c1)COC2C1C(=O)Nc2ccccc21. The van der Waals surface area contributed by atoms with Crippen LogP contribution in [0.25, 0.3) is 0 Å². The van der Waals surface area contributed by atoms with Crippen molar-refractivity contribution in [3.63, 3.8) is 0 Å². The van der Waals surface area contributed by atoms with Crippen LogP contribution in [-0.4, -0.2) is 31.6 Å². The van der Waals surface area contributed by atoms with Gasteiger partial charge in [0.25, 0.3) is 5.91 Å². The van der Waals surface area contributed by atoms with Crippen LogP contribution >= 0.6 is 0 Å². The first-order valence-corrected chi connectivity index (χ1v) is 9.88. The highest BCUT2D eigenvalue weighted by molar-refractivity contribution is 6.03. The normalized spacial score (nSPS) is 20.0. The Balaban J connectivity index is 1.53. The van der Waals surface area contributed by atoms with Crippen molar-refractivity contribution in [1.82, 2.24) is 5.32 Å². The number of quaternary nitrogens is 1. The van der Waals surface area contributed by atoms with E-state index < -0.39 is 0 Å². The van der Waals surface area contributed by atoms with Crippen LogP contribution in [0.3, 0.4) is 0 Å². The highest BCUT2D eigenvalue weighted by Crippen LogP contribution is 2.46. The minimum Gasteiger partial charge on any atom is -0.368 e. The van der Waals surface area contributed by atoms with E-state index in [9.17, 15) is 9.59 Å². The molecule has 0 aliphatic carbocycles. The third-order valence-corrected chi connectivity index (χ3v) is 5.77. The number of amides is 2. The molecular weight excluding hydrogens is 354 g/mol. The van der Waals surface area contributed by atoms with E-state index in [2.05, 4.69) is 24.5 Å². The van der Waals surface area contributed by atoms with E-state index in [0.717, 1.165) is 35.5 Å². The lowest BCUT2D eigenvalue weighted by molar-refractivity contribution is -0.898. The quantitative estimate of drug-likeness (QED) is 0.667. The van der Waals surface area contributed by atoms with Crippen LogP contribution in [-0.2, 0) is 16.1 Å². The lowest BCUT2D eigenvalue weighted by Gasteiger charge is -2.18. The Kier molecular flexibility index (Phi) is 5.15. The minimum atomic E-state index is -0.358. The zero-order valence-corrected chi connectivity index (χ0v) is 16.2. The molecule has 2 aliphatic rings. The second kappa shape index (κ2) is 7.73. The summed E-state index contributed by atoms with van der Waals surface area (Å²) in [5.41, 5.74) is 4.41. The molecule has 0 radical (unpaired) electrons. The van der Waals surface area contributed by atoms with Gasteiger partial charge in [-0.15, -0.1) is 0 Å². The third kappa shape index (κ3) is 3.30. The molecule has 2 aromatic carbocycles. The van der Waals surface area contributed by atoms with Crippen molar-refractivity contribution in [2.75, 3.05) is 25.1 Å². The maximum Gasteiger partial charge on any atom is 0.255 e. The molecule has 2 amide bonds. The summed E-state index contributed by atoms with van der Waals surface area (Å²) in [5.74, 6) is -0.471. The number of hydrogen-bond donors (Lipinski definition) is 3. The molecule has 0 saturated carbocycles. The summed E-state index contributed by atoms with van der Waals surface area (Å²) in [6.45, 7) is 7.18. The van der Waals surface area contributed by atoms with Crippen molar-refractivity contribution in [2.24, 2.45) is 0 Å². The molecular formula is C22H26N3O3+. The number of nitrogens with one attached hydrogen (secondary N) is 3. The molecule has 6 nitrogen and oxygen atoms in total. The average Bonchev–Trinajstić information content (AvgIpc) is 3.27. The number of para-hydroxylation sites is 1. The number of hydrogen-bond acceptors (Lipinski definition) is 3. The number of carbonyl (C=O) groups is 2. The van der Waals surface area contributed by atoms with Crippen LogP contribution in [0.5, 0.6) is 0 Å². The molecule has 0 bridgehead atoms. The first-order chi connectivity index (χ1) is 13.6. The lowest BCUT2D eigenvalue weighted by atomic mass is 9.89. The fourth-order valence-corrected chi connectivity index (χ4v) is 4.04. The van der Waals surface area contributed by atoms with E-state index in [1.54, 1.807) is 0 Å². The fraction of sp³-hybridized carbons (Fsp3) is 0.364. The van der Waals surface area contributed by atoms with E-state index in [-0.39, 0.29) is 23.8 Å². The molecule has 0 saturated heterocycles. The molecule has 2 heterocycles. The van der Waals surface area contributed by atoms with E-state index >= 15 is 0 Å². The second-order valence-corrected chi connectivity index (χ2v) is 7.34. The molecule has 28 heavy (non-hydrogen) atoms. The van der Waals surface area contributed by atoms with Crippen molar-refractivity contribution in [2.45, 2.75) is 32.5 Å². The summed E-state index contributed by atoms with van der Waals surface area (Å²) in [5, 5.41) is 5.94. The van der Waals surface area contributed by atoms with Crippen LogP contribution in [0, 0.1) is 0 Å². The first kappa shape index (κ1) is 18.7. The molecule has 3 N–H and O–H groups in total. The Labute approximate surface area is 164 Å². The largest absolute Gasteiger partial charge is 0.368 e. The summed E-state index contributed by atoms with van der Waals surface area (Å²) >= 11 is 0. The Morgan fingerprint density at radius 2 is 1.96 bits per heavy atom. The zero-order valence-electron chi connectivity index (χ0n) is 16.2. The van der Waals surface area contributed by atoms with E-state index in [4.69, 9.17) is 4.74 Å². The van der Waals surface area contributed by atoms with Crippen LogP contribution in [0.15, 0.2) is 42.5 Å². The number of fused-ring (bicyclic) bond motifs is 2. The van der Waals surface area contributed by atoms with Crippen LogP contribution in [0.2, 0.25) is 0 Å². The Morgan fingerprint density at radius 3 is 2.75 bits per heavy atom. The first-order valence-electron chi connectivity index (χ1n) is 9.88. The molecule has 2 unspecified atom stereocenters. The summed E-state index contributed by atoms with van der Waals surface area (Å²) in [4.78, 5) is 26.4. The second-order valence-electron chi connectivity index (χ2n) is 7.34. The summed E-state index contributed by atoms with van der Waals surface area (Å²) in [7, 11) is 0. The Hall–Kier alpha value is -2.70. The smallest absolute Gasteiger partial charge is 0.255 e. The van der Waals surface area contributed by atoms with Crippen molar-refractivity contribution in [3.05, 3.63) is 64.7 Å². The van der Waals surface area contributed by atoms with Gasteiger partial charge in [-0.25, -0.2) is 0 Å². The van der Waals surface area contributed by atoms with Gasteiger partial charge in [0, 0.05) is 11.3 Å². The standard InChI is InChI=1S/C22H25N3O3/c1-3-25(4-2)13-23-21(26)14-9-10-16-15(11-14)12-28-20(16)19-17-7-5-6-8-18(17)24-22(19)27/h5-11,19-20H,3-4,12-13H2,1-2H3,(H,23,26)(H,24,27)/p+1. The Morgan fingerprint density at radius 1 is 1.18 bits per heavy atom. The molecule has 0 aromatic heterocycles. The van der Waals surface area contributed by atoms with Gasteiger partial charge in [0.05, 0.1) is 31.7 Å². The van der Waals surface area contributed by atoms with Gasteiger partial charge in [-0.1, -0.05) is 24.3 Å². The van der Waals surface area contributed by atoms with Crippen molar-refractivity contribution in [3.8, 4) is 0 Å². The molecule has 0 spiro atoms. The summed E-state index contributed by atoms with van der Waals surface area (Å²) in [6, 6.07) is 13.4. The van der Waals surface area contributed by atoms with Crippen LogP contribution < -0.4 is 15.5 Å². The van der Waals surface area contributed by atoms with E-state index in [1.165, 1.54) is 4.90 Å². The van der Waals surface area contributed by atoms with Crippen molar-refractivity contribution >= 4 is 17.5 Å². The van der Waals surface area contributed by atoms with Gasteiger partial charge in [-0.3, -0.25) is 9.59 Å². The topological polar surface area (TPSA) is 71.9 Å². The van der Waals surface area contributed by atoms with Crippen molar-refractivity contribution < 1.29 is 19.2 Å². The predicted molar refractivity (Wildman–Crippen MR) is 106 cm³/mol. The van der Waals surface area contributed by atoms with Gasteiger partial charge >= 0.3 is 0 Å². The lowest BCUT2D eigenvalue weighted by Crippen LogP contribution is -3.13. The average molecular weight is 380 g/mol. The van der Waals surface area contributed by atoms with Gasteiger partial charge in [0.15, 0.2) is 6.67 Å². The third-order valence-electron chi connectivity index (χ3n) is 5.77. The molecule has 6 heteroatoms. The number of rotatable bonds is 6. The molecule has 2 aromatic rings. The van der Waals surface area contributed by atoms with E-state index in [0.29, 0.717) is 18.8 Å². The molecule has 0 fully saturated rings. The number of anilines is 1. The number of benzene rings is 2. The van der Waals surface area contributed by atoms with Crippen LogP contribution in [0.4, 0.5) is 5.69 Å². The van der Waals surface area contributed by atoms with Crippen LogP contribution in [0.1, 0.15) is 52.9 Å². The molecule has 146 valence electrons. The fourth-order valence-electron chi connectivity index (χ4n) is 4.04. The van der Waals surface area contributed by atoms with Gasteiger partial charge < -0.3 is 20.3 Å². The summed E-state index contributed by atoms with van der Waals surface area (Å²) < 4.78 is 6.01. The highest BCUT2D eigenvalue weighted by atomic mass is 16.5. The highest BCUT2D eigenvalue weighted by Gasteiger charge is 2.41. The molecule has 2 aliphatic heterocycles. The number of ether oxygens (including phenoxy) is 1. The minimum absolute atomic E-state index is 0.0388. The maximum absolute atomic E-state index is 12.6. The van der Waals surface area contributed by atoms with Gasteiger partial charge in [0.1, 0.15) is 0 Å². The van der Waals surface area contributed by atoms with E-state index in [1.807, 2.05) is 42.5 Å². The van der Waals surface area contributed by atoms with Gasteiger partial charge in [-0.2, -0.15) is 0 Å². The van der Waals surface area contributed by atoms with Gasteiger partial charge in [-0.05, 0) is 48.7 Å². The monoisotopic (exact) mass is 380 g/mol. The van der Waals surface area contributed by atoms with Gasteiger partial charge in [0.2, 0.25) is 5.91 Å². The maximum atomic E-state index is 12.6. The number of carbonyl (C=O) groups excluding carboxylic acids is 2. The predicted octanol–water partition coefficient (Wildman–Crippen LogP) is 1.61. The molecule has 2 atom stereocenters. The summed E-state index contributed by atoms with van der Waals surface area (Å²) in [6.07, 6.45) is -0.323. The molecule has 4 rings (SSSR count).